The van der Waals surface area contributed by atoms with Crippen molar-refractivity contribution in [1.29, 1.82) is 0 Å². The molecule has 0 radical (unpaired) electrons. The van der Waals surface area contributed by atoms with E-state index in [1.165, 1.54) is 212 Å². The van der Waals surface area contributed by atoms with Crippen molar-refractivity contribution in [3.63, 3.8) is 0 Å². The normalized spacial score (nSPS) is 15.6. The first-order valence-electron chi connectivity index (χ1n) is 57.4. The first-order chi connectivity index (χ1) is 67.5. The molecular formula is C118H204ClF6NaO14. The molecule has 2 aliphatic rings. The molecule has 14 nitrogen and oxygen atoms in total. The van der Waals surface area contributed by atoms with Gasteiger partial charge in [-0.3, -0.25) is 28.8 Å². The quantitative estimate of drug-likeness (QED) is 0.0106. The molecule has 0 aromatic heterocycles. The number of carbonyl (C=O) groups is 7. The van der Waals surface area contributed by atoms with Crippen LogP contribution in [-0.4, -0.2) is 97.6 Å². The number of carboxylic acid groups (broad SMARTS) is 1. The summed E-state index contributed by atoms with van der Waals surface area (Å²) in [6.45, 7) is 12.8. The van der Waals surface area contributed by atoms with Gasteiger partial charge < -0.3 is 38.3 Å². The number of rotatable bonds is 99. The molecule has 2 fully saturated rings. The zero-order valence-electron chi connectivity index (χ0n) is 90.2. The predicted molar refractivity (Wildman–Crippen MR) is 562 cm³/mol. The van der Waals surface area contributed by atoms with Gasteiger partial charge in [0.05, 0.1) is 0 Å². The van der Waals surface area contributed by atoms with Crippen molar-refractivity contribution in [2.75, 3.05) is 26.4 Å². The SMILES string of the molecule is CCCCC/C=C\C/C=C\CCCCCCCC(=O)OC(COC(=O)CCCCCCC/C=C\CCCCCCCC)COC(=O)CCCCCCC/C=C\CCCCCCCC.CCCCC/C=C\CC1C(CCCCCCCC(=O)OC(COC(=O)CCCCCCC/C=C\CCCCCCCC)COC(=O)CCCCCCCC2C(CCCCCCCC)C2(F)F)C1(F)F.O=C([O-])C(F)(F)Cl.[Na+]. The Morgan fingerprint density at radius 1 is 0.264 bits per heavy atom. The van der Waals surface area contributed by atoms with Crippen LogP contribution in [0.25, 0.3) is 0 Å². The van der Waals surface area contributed by atoms with Gasteiger partial charge in [-0.2, -0.15) is 8.78 Å². The van der Waals surface area contributed by atoms with E-state index in [1.807, 2.05) is 6.08 Å². The first kappa shape index (κ1) is 138. The zero-order valence-corrected chi connectivity index (χ0v) is 92.9. The van der Waals surface area contributed by atoms with Crippen LogP contribution >= 0.6 is 11.6 Å². The summed E-state index contributed by atoms with van der Waals surface area (Å²) in [4.78, 5) is 85.3. The molecule has 810 valence electrons. The Bertz CT molecular complexity index is 3010. The van der Waals surface area contributed by atoms with E-state index in [-0.39, 0.29) is 99.1 Å². The van der Waals surface area contributed by atoms with Crippen LogP contribution < -0.4 is 34.7 Å². The summed E-state index contributed by atoms with van der Waals surface area (Å²) in [5, 5.41) is 4.81. The van der Waals surface area contributed by atoms with Gasteiger partial charge in [0.15, 0.2) is 12.2 Å². The number of carboxylic acids is 1. The molecule has 0 amide bonds. The van der Waals surface area contributed by atoms with E-state index in [1.54, 1.807) is 0 Å². The van der Waals surface area contributed by atoms with Crippen LogP contribution in [0.15, 0.2) is 72.9 Å². The summed E-state index contributed by atoms with van der Waals surface area (Å²) in [7, 11) is 0. The average molecular weight is 2020 g/mol. The van der Waals surface area contributed by atoms with Crippen LogP contribution in [-0.2, 0) is 62.0 Å². The molecule has 0 heterocycles. The van der Waals surface area contributed by atoms with Crippen LogP contribution in [0.1, 0.15) is 555 Å². The summed E-state index contributed by atoms with van der Waals surface area (Å²) in [5.41, 5.74) is 0. The molecule has 0 saturated heterocycles. The molecule has 0 bridgehead atoms. The van der Waals surface area contributed by atoms with E-state index < -0.39 is 71.0 Å². The molecule has 0 aromatic carbocycles. The van der Waals surface area contributed by atoms with Crippen molar-refractivity contribution in [2.45, 2.75) is 585 Å². The van der Waals surface area contributed by atoms with Crippen molar-refractivity contribution in [3.8, 4) is 0 Å². The van der Waals surface area contributed by atoms with E-state index in [0.717, 1.165) is 225 Å². The molecule has 2 aliphatic carbocycles. The van der Waals surface area contributed by atoms with Gasteiger partial charge in [0.25, 0.3) is 11.8 Å². The van der Waals surface area contributed by atoms with Gasteiger partial charge in [-0.1, -0.05) is 403 Å². The average Bonchev–Trinajstić information content (AvgIpc) is 1.59. The van der Waals surface area contributed by atoms with Crippen LogP contribution in [0.5, 0.6) is 0 Å². The fourth-order valence-electron chi connectivity index (χ4n) is 17.6. The maximum Gasteiger partial charge on any atom is 1.00 e. The number of unbranched alkanes of at least 4 members (excludes halogenated alkanes) is 57. The molecule has 0 aliphatic heterocycles. The largest absolute Gasteiger partial charge is 1.00 e. The standard InChI is InChI=1S/C59H102F4O6.C57H102O6.C2HClF2O2.Na/c1-4-7-10-13-16-17-18-19-20-21-22-23-24-31-38-45-55(64)67-48-50(69-57(66)47-40-33-26-30-37-44-54-52(59(54,62)63)42-35-28-15-12-9-6-3)49-68-56(65)46-39-32-25-29-36-43-53-51(58(53,60)61)41-34-27-14-11-8-5-2;1-4-7-10-13-16-19-22-25-28-31-34-37-40-43-46-49-55(58)61-52-54(63-57(60)51-48-45-42-39-36-33-30-27-24-21-18-15-12-9-6-3)53-62-56(59)50-47-44-41-38-35-32-29-26-23-20-17-14-11-8-5-2;3-2(4,5)1(6)7;/h19-20,28,35,50-54H,4-18,21-27,29-34,36-49H2,1-3H3;18,21,25-30,54H,4-17,19-20,22-24,31-53H2,1-3H3;(H,6,7);/q;;;+1/p-1/b20-19-,35-28-;21-18-,28-25-,29-26-,30-27-;;. The van der Waals surface area contributed by atoms with Crippen LogP contribution in [0.2, 0.25) is 0 Å². The number of carbonyl (C=O) groups excluding carboxylic acids is 7. The van der Waals surface area contributed by atoms with Crippen molar-refractivity contribution >= 4 is 53.4 Å². The molecule has 22 heteroatoms. The summed E-state index contributed by atoms with van der Waals surface area (Å²) >= 11 is 3.87. The number of alkyl halides is 7. The van der Waals surface area contributed by atoms with Crippen molar-refractivity contribution in [2.24, 2.45) is 23.7 Å². The van der Waals surface area contributed by atoms with Crippen LogP contribution in [0.3, 0.4) is 0 Å². The number of aliphatic carboxylic acids is 1. The van der Waals surface area contributed by atoms with Gasteiger partial charge >= 0.3 is 70.8 Å². The Morgan fingerprint density at radius 2 is 0.436 bits per heavy atom. The molecule has 5 unspecified atom stereocenters. The molecule has 0 N–H and O–H groups in total. The summed E-state index contributed by atoms with van der Waals surface area (Å²) in [6, 6.07) is 0. The third-order valence-corrected chi connectivity index (χ3v) is 26.9. The van der Waals surface area contributed by atoms with Gasteiger partial charge in [-0.05, 0) is 198 Å². The second kappa shape index (κ2) is 101. The predicted octanol–water partition coefficient (Wildman–Crippen LogP) is 33.0. The van der Waals surface area contributed by atoms with E-state index in [9.17, 15) is 55.1 Å². The minimum atomic E-state index is -4.22. The molecule has 2 rings (SSSR count). The summed E-state index contributed by atoms with van der Waals surface area (Å²) in [5.74, 6) is -11.7. The molecular weight excluding hydrogens is 1810 g/mol. The third kappa shape index (κ3) is 90.0. The Hall–Kier alpha value is -4.40. The zero-order chi connectivity index (χ0) is 102. The van der Waals surface area contributed by atoms with Gasteiger partial charge in [0, 0.05) is 62.2 Å². The minimum absolute atomic E-state index is 0. The number of ether oxygens (including phenoxy) is 6. The third-order valence-electron chi connectivity index (χ3n) is 26.7. The van der Waals surface area contributed by atoms with Gasteiger partial charge in [0.2, 0.25) is 0 Å². The Balaban J connectivity index is 0. The summed E-state index contributed by atoms with van der Waals surface area (Å²) < 4.78 is 113. The van der Waals surface area contributed by atoms with E-state index in [2.05, 4.69) is 120 Å². The van der Waals surface area contributed by atoms with Crippen molar-refractivity contribution < 1.29 is 123 Å². The first-order valence-corrected chi connectivity index (χ1v) is 57.8. The number of esters is 6. The van der Waals surface area contributed by atoms with Crippen LogP contribution in [0, 0.1) is 23.7 Å². The van der Waals surface area contributed by atoms with Gasteiger partial charge in [-0.25, -0.2) is 17.6 Å². The molecule has 140 heavy (non-hydrogen) atoms. The fourth-order valence-corrected chi connectivity index (χ4v) is 17.6. The maximum atomic E-state index is 14.3. The second-order valence-electron chi connectivity index (χ2n) is 39.9. The number of allylic oxidation sites excluding steroid dienone is 12. The van der Waals surface area contributed by atoms with Crippen molar-refractivity contribution in [1.82, 2.24) is 0 Å². The number of hydrogen-bond donors (Lipinski definition) is 0. The van der Waals surface area contributed by atoms with E-state index >= 15 is 0 Å². The monoisotopic (exact) mass is 2020 g/mol. The molecule has 0 spiro atoms. The molecule has 2 saturated carbocycles. The maximum absolute atomic E-state index is 14.3. The Morgan fingerprint density at radius 3 is 0.671 bits per heavy atom. The van der Waals surface area contributed by atoms with E-state index in [4.69, 9.17) is 38.3 Å². The second-order valence-corrected chi connectivity index (χ2v) is 40.3. The Labute approximate surface area is 878 Å². The summed E-state index contributed by atoms with van der Waals surface area (Å²) in [6.07, 6.45) is 107. The van der Waals surface area contributed by atoms with Crippen LogP contribution in [0.4, 0.5) is 26.3 Å². The Kier molecular flexibility index (Phi) is 98.8. The van der Waals surface area contributed by atoms with Gasteiger partial charge in [0.1, 0.15) is 32.4 Å². The minimum Gasteiger partial charge on any atom is -0.543 e. The topological polar surface area (TPSA) is 198 Å². The molecule has 0 aromatic rings. The number of halogens is 7. The van der Waals surface area contributed by atoms with E-state index in [0.29, 0.717) is 57.8 Å². The van der Waals surface area contributed by atoms with Crippen molar-refractivity contribution in [3.05, 3.63) is 72.9 Å². The van der Waals surface area contributed by atoms with Gasteiger partial charge in [-0.15, -0.1) is 0 Å². The smallest absolute Gasteiger partial charge is 0.543 e. The molecule has 5 atom stereocenters. The fraction of sp³-hybridized carbons (Fsp3) is 0.839. The number of hydrogen-bond acceptors (Lipinski definition) is 14.